The van der Waals surface area contributed by atoms with Crippen LogP contribution in [-0.4, -0.2) is 69.8 Å². The summed E-state index contributed by atoms with van der Waals surface area (Å²) in [4.78, 5) is 18.3. The fourth-order valence-corrected chi connectivity index (χ4v) is 2.99. The number of benzene rings is 1. The highest BCUT2D eigenvalue weighted by Crippen LogP contribution is 2.14. The lowest BCUT2D eigenvalue weighted by Gasteiger charge is -2.33. The maximum absolute atomic E-state index is 13.0. The molecule has 1 fully saturated rings. The summed E-state index contributed by atoms with van der Waals surface area (Å²) in [5.41, 5.74) is 1.12. The van der Waals surface area contributed by atoms with Gasteiger partial charge in [-0.05, 0) is 30.5 Å². The lowest BCUT2D eigenvalue weighted by molar-refractivity contribution is -0.120. The fraction of sp³-hybridized carbons (Fsp3) is 0.579. The number of nitrogens with one attached hydrogen (secondary N) is 3. The number of piperidine rings is 1. The lowest BCUT2D eigenvalue weighted by Crippen LogP contribution is -2.50. The molecule has 0 bridgehead atoms. The molecular formula is C19H30FN5O2. The zero-order chi connectivity index (χ0) is 19.5. The van der Waals surface area contributed by atoms with E-state index in [1.54, 1.807) is 14.2 Å². The fourth-order valence-electron chi connectivity index (χ4n) is 2.99. The first-order valence-corrected chi connectivity index (χ1v) is 9.30. The molecule has 2 rings (SSSR count). The maximum Gasteiger partial charge on any atom is 0.239 e. The van der Waals surface area contributed by atoms with Gasteiger partial charge in [-0.15, -0.1) is 0 Å². The summed E-state index contributed by atoms with van der Waals surface area (Å²) in [6.45, 7) is 3.92. The van der Waals surface area contributed by atoms with Crippen LogP contribution in [0.5, 0.6) is 0 Å². The van der Waals surface area contributed by atoms with Crippen molar-refractivity contribution in [3.63, 3.8) is 0 Å². The molecule has 8 heteroatoms. The summed E-state index contributed by atoms with van der Waals surface area (Å²) in [5.74, 6) is 0.339. The second-order valence-corrected chi connectivity index (χ2v) is 6.59. The number of methoxy groups -OCH3 is 1. The largest absolute Gasteiger partial charge is 0.383 e. The molecule has 150 valence electrons. The van der Waals surface area contributed by atoms with Gasteiger partial charge in [0.15, 0.2) is 5.96 Å². The Morgan fingerprint density at radius 1 is 1.26 bits per heavy atom. The molecule has 0 saturated carbocycles. The number of carbonyl (C=O) groups excluding carboxylic acids is 1. The normalized spacial score (nSPS) is 16.2. The van der Waals surface area contributed by atoms with Crippen LogP contribution in [0, 0.1) is 5.82 Å². The molecule has 3 N–H and O–H groups in total. The van der Waals surface area contributed by atoms with Gasteiger partial charge in [-0.25, -0.2) is 4.39 Å². The summed E-state index contributed by atoms with van der Waals surface area (Å²) in [6, 6.07) is 7.00. The van der Waals surface area contributed by atoms with Crippen molar-refractivity contribution in [1.29, 1.82) is 0 Å². The molecule has 1 amide bonds. The SMILES string of the molecule is CN=C(NCC(=O)NCCOC)NC1CCN(Cc2ccc(F)cc2)CC1. The van der Waals surface area contributed by atoms with Crippen LogP contribution in [0.2, 0.25) is 0 Å². The molecule has 1 aromatic carbocycles. The number of aliphatic imine (C=N–C) groups is 1. The van der Waals surface area contributed by atoms with Crippen LogP contribution < -0.4 is 16.0 Å². The van der Waals surface area contributed by atoms with Gasteiger partial charge >= 0.3 is 0 Å². The van der Waals surface area contributed by atoms with Crippen LogP contribution in [0.1, 0.15) is 18.4 Å². The molecule has 1 heterocycles. The summed E-state index contributed by atoms with van der Waals surface area (Å²) in [5, 5.41) is 9.17. The Labute approximate surface area is 160 Å². The number of nitrogens with zero attached hydrogens (tertiary/aromatic N) is 2. The molecule has 0 aliphatic carbocycles. The van der Waals surface area contributed by atoms with E-state index in [9.17, 15) is 9.18 Å². The van der Waals surface area contributed by atoms with Crippen molar-refractivity contribution in [2.75, 3.05) is 46.9 Å². The molecule has 0 atom stereocenters. The van der Waals surface area contributed by atoms with E-state index in [1.165, 1.54) is 12.1 Å². The Morgan fingerprint density at radius 2 is 1.96 bits per heavy atom. The summed E-state index contributed by atoms with van der Waals surface area (Å²) in [6.07, 6.45) is 1.98. The highest BCUT2D eigenvalue weighted by molar-refractivity contribution is 5.86. The van der Waals surface area contributed by atoms with E-state index in [0.29, 0.717) is 25.2 Å². The molecular weight excluding hydrogens is 349 g/mol. The first kappa shape index (κ1) is 21.1. The van der Waals surface area contributed by atoms with Gasteiger partial charge in [-0.2, -0.15) is 0 Å². The number of guanidine groups is 1. The highest BCUT2D eigenvalue weighted by Gasteiger charge is 2.20. The first-order chi connectivity index (χ1) is 13.1. The van der Waals surface area contributed by atoms with Gasteiger partial charge in [-0.3, -0.25) is 14.7 Å². The average Bonchev–Trinajstić information content (AvgIpc) is 2.68. The average molecular weight is 379 g/mol. The summed E-state index contributed by atoms with van der Waals surface area (Å²) in [7, 11) is 3.29. The molecule has 1 aliphatic rings. The number of likely N-dealkylation sites (tertiary alicyclic amines) is 1. The van der Waals surface area contributed by atoms with Crippen molar-refractivity contribution in [1.82, 2.24) is 20.9 Å². The standard InChI is InChI=1S/C19H30FN5O2/c1-21-19(23-13-18(26)22-9-12-27-2)24-17-7-10-25(11-8-17)14-15-3-5-16(20)6-4-15/h3-6,17H,7-14H2,1-2H3,(H,22,26)(H2,21,23,24). The van der Waals surface area contributed by atoms with Crippen molar-refractivity contribution >= 4 is 11.9 Å². The van der Waals surface area contributed by atoms with Crippen LogP contribution in [0.25, 0.3) is 0 Å². The van der Waals surface area contributed by atoms with Crippen LogP contribution in [-0.2, 0) is 16.1 Å². The quantitative estimate of drug-likeness (QED) is 0.352. The zero-order valence-electron chi connectivity index (χ0n) is 16.1. The molecule has 27 heavy (non-hydrogen) atoms. The monoisotopic (exact) mass is 379 g/mol. The van der Waals surface area contributed by atoms with Gasteiger partial charge in [0.05, 0.1) is 13.2 Å². The third kappa shape index (κ3) is 7.92. The smallest absolute Gasteiger partial charge is 0.239 e. The molecule has 0 radical (unpaired) electrons. The minimum Gasteiger partial charge on any atom is -0.383 e. The Morgan fingerprint density at radius 3 is 2.59 bits per heavy atom. The van der Waals surface area contributed by atoms with Gasteiger partial charge in [0, 0.05) is 46.4 Å². The van der Waals surface area contributed by atoms with Crippen molar-refractivity contribution in [3.8, 4) is 0 Å². The third-order valence-electron chi connectivity index (χ3n) is 4.52. The Hall–Kier alpha value is -2.19. The molecule has 1 aliphatic heterocycles. The summed E-state index contributed by atoms with van der Waals surface area (Å²) >= 11 is 0. The Balaban J connectivity index is 1.67. The van der Waals surface area contributed by atoms with Crippen molar-refractivity contribution in [3.05, 3.63) is 35.6 Å². The molecule has 1 saturated heterocycles. The van der Waals surface area contributed by atoms with Gasteiger partial charge < -0.3 is 20.7 Å². The number of hydrogen-bond acceptors (Lipinski definition) is 4. The number of ether oxygens (including phenoxy) is 1. The zero-order valence-corrected chi connectivity index (χ0v) is 16.1. The minimum absolute atomic E-state index is 0.0934. The van der Waals surface area contributed by atoms with Crippen molar-refractivity contribution in [2.45, 2.75) is 25.4 Å². The summed E-state index contributed by atoms with van der Waals surface area (Å²) < 4.78 is 17.9. The van der Waals surface area contributed by atoms with Crippen molar-refractivity contribution in [2.24, 2.45) is 4.99 Å². The number of rotatable bonds is 8. The number of hydrogen-bond donors (Lipinski definition) is 3. The molecule has 0 aromatic heterocycles. The maximum atomic E-state index is 13.0. The molecule has 1 aromatic rings. The molecule has 0 spiro atoms. The van der Waals surface area contributed by atoms with Gasteiger partial charge in [0.1, 0.15) is 5.82 Å². The minimum atomic E-state index is -0.201. The van der Waals surface area contributed by atoms with E-state index < -0.39 is 0 Å². The first-order valence-electron chi connectivity index (χ1n) is 9.30. The van der Waals surface area contributed by atoms with Crippen LogP contribution in [0.3, 0.4) is 0 Å². The predicted octanol–water partition coefficient (Wildman–Crippen LogP) is 0.718. The van der Waals surface area contributed by atoms with Crippen molar-refractivity contribution < 1.29 is 13.9 Å². The topological polar surface area (TPSA) is 78.0 Å². The van der Waals surface area contributed by atoms with Gasteiger partial charge in [0.2, 0.25) is 5.91 Å². The van der Waals surface area contributed by atoms with E-state index >= 15 is 0 Å². The van der Waals surface area contributed by atoms with Crippen LogP contribution >= 0.6 is 0 Å². The van der Waals surface area contributed by atoms with Crippen LogP contribution in [0.15, 0.2) is 29.3 Å². The molecule has 0 unspecified atom stereocenters. The number of amides is 1. The number of halogens is 1. The lowest BCUT2D eigenvalue weighted by atomic mass is 10.0. The van der Waals surface area contributed by atoms with E-state index in [0.717, 1.165) is 38.0 Å². The third-order valence-corrected chi connectivity index (χ3v) is 4.52. The van der Waals surface area contributed by atoms with E-state index in [2.05, 4.69) is 25.8 Å². The van der Waals surface area contributed by atoms with E-state index in [1.807, 2.05) is 12.1 Å². The van der Waals surface area contributed by atoms with Crippen LogP contribution in [0.4, 0.5) is 4.39 Å². The Kier molecular flexibility index (Phi) is 9.00. The Bertz CT molecular complexity index is 601. The number of carbonyl (C=O) groups is 1. The second-order valence-electron chi connectivity index (χ2n) is 6.59. The van der Waals surface area contributed by atoms with Gasteiger partial charge in [0.25, 0.3) is 0 Å². The molecule has 7 nitrogen and oxygen atoms in total. The van der Waals surface area contributed by atoms with E-state index in [-0.39, 0.29) is 18.3 Å². The second kappa shape index (κ2) is 11.5. The van der Waals surface area contributed by atoms with Gasteiger partial charge in [-0.1, -0.05) is 12.1 Å². The highest BCUT2D eigenvalue weighted by atomic mass is 19.1. The van der Waals surface area contributed by atoms with E-state index in [4.69, 9.17) is 4.74 Å². The predicted molar refractivity (Wildman–Crippen MR) is 104 cm³/mol.